The molecule has 2 heterocycles. The van der Waals surface area contributed by atoms with Crippen LogP contribution in [0, 0.1) is 0 Å². The maximum absolute atomic E-state index is 12.0. The van der Waals surface area contributed by atoms with Crippen molar-refractivity contribution in [1.29, 1.82) is 0 Å². The predicted octanol–water partition coefficient (Wildman–Crippen LogP) is 0.669. The summed E-state index contributed by atoms with van der Waals surface area (Å²) in [7, 11) is 0. The normalized spacial score (nSPS) is 24.1. The number of ketones is 1. The topological polar surface area (TPSA) is 65.6 Å². The second kappa shape index (κ2) is 5.22. The first-order valence-corrected chi connectivity index (χ1v) is 6.18. The molecule has 5 heteroatoms. The molecule has 1 saturated heterocycles. The minimum absolute atomic E-state index is 0.0172. The van der Waals surface area contributed by atoms with E-state index < -0.39 is 0 Å². The molecule has 0 saturated carbocycles. The van der Waals surface area contributed by atoms with E-state index in [4.69, 9.17) is 4.74 Å². The number of nitrogens with zero attached hydrogens (tertiary/aromatic N) is 1. The van der Waals surface area contributed by atoms with Crippen LogP contribution in [0.4, 0.5) is 0 Å². The van der Waals surface area contributed by atoms with E-state index >= 15 is 0 Å². The summed E-state index contributed by atoms with van der Waals surface area (Å²) in [6.45, 7) is 5.56. The van der Waals surface area contributed by atoms with E-state index in [2.05, 4.69) is 4.98 Å². The van der Waals surface area contributed by atoms with Crippen LogP contribution >= 0.6 is 0 Å². The van der Waals surface area contributed by atoms with Gasteiger partial charge in [-0.05, 0) is 26.0 Å². The molecule has 1 fully saturated rings. The number of nitrogens with one attached hydrogen (secondary N) is 1. The summed E-state index contributed by atoms with van der Waals surface area (Å²) < 4.78 is 5.71. The third-order valence-electron chi connectivity index (χ3n) is 3.02. The van der Waals surface area contributed by atoms with Gasteiger partial charge in [0.05, 0.1) is 30.6 Å². The summed E-state index contributed by atoms with van der Waals surface area (Å²) in [5.74, 6) is 0.0642. The highest BCUT2D eigenvalue weighted by molar-refractivity contribution is 5.95. The highest BCUT2D eigenvalue weighted by Gasteiger charge is 2.33. The fourth-order valence-corrected chi connectivity index (χ4v) is 2.42. The molecule has 1 aromatic rings. The van der Waals surface area contributed by atoms with Crippen LogP contribution in [0.25, 0.3) is 0 Å². The standard InChI is InChI=1S/C13H20N2O3/c1-13(2)9-15(6-10(8-16)18-13)7-12(17)11-4-3-5-14-11/h3-5,10,14,16H,6-9H2,1-2H3. The zero-order valence-corrected chi connectivity index (χ0v) is 10.8. The summed E-state index contributed by atoms with van der Waals surface area (Å²) in [4.78, 5) is 17.0. The summed E-state index contributed by atoms with van der Waals surface area (Å²) in [5, 5.41) is 9.22. The van der Waals surface area contributed by atoms with Gasteiger partial charge in [0.15, 0.2) is 5.78 Å². The Balaban J connectivity index is 1.98. The first kappa shape index (κ1) is 13.3. The van der Waals surface area contributed by atoms with Crippen LogP contribution in [0.1, 0.15) is 24.3 Å². The van der Waals surface area contributed by atoms with Crippen LogP contribution in [0.2, 0.25) is 0 Å². The Bertz CT molecular complexity index is 400. The number of H-pyrrole nitrogens is 1. The van der Waals surface area contributed by atoms with E-state index in [0.717, 1.165) is 0 Å². The molecule has 1 unspecified atom stereocenters. The Morgan fingerprint density at radius 2 is 2.44 bits per heavy atom. The molecular weight excluding hydrogens is 232 g/mol. The van der Waals surface area contributed by atoms with Gasteiger partial charge < -0.3 is 14.8 Å². The lowest BCUT2D eigenvalue weighted by Gasteiger charge is -2.42. The van der Waals surface area contributed by atoms with Gasteiger partial charge in [-0.3, -0.25) is 9.69 Å². The van der Waals surface area contributed by atoms with Crippen LogP contribution in [0.5, 0.6) is 0 Å². The molecule has 100 valence electrons. The molecule has 2 rings (SSSR count). The van der Waals surface area contributed by atoms with Crippen molar-refractivity contribution < 1.29 is 14.6 Å². The Labute approximate surface area is 107 Å². The number of morpholine rings is 1. The number of hydrogen-bond donors (Lipinski definition) is 2. The molecule has 0 bridgehead atoms. The van der Waals surface area contributed by atoms with Crippen molar-refractivity contribution in [2.75, 3.05) is 26.2 Å². The molecule has 1 aliphatic rings. The van der Waals surface area contributed by atoms with Gasteiger partial charge in [-0.1, -0.05) is 0 Å². The molecule has 0 spiro atoms. The quantitative estimate of drug-likeness (QED) is 0.773. The second-order valence-electron chi connectivity index (χ2n) is 5.36. The van der Waals surface area contributed by atoms with Crippen molar-refractivity contribution in [3.05, 3.63) is 24.0 Å². The molecule has 5 nitrogen and oxygen atoms in total. The largest absolute Gasteiger partial charge is 0.394 e. The summed E-state index contributed by atoms with van der Waals surface area (Å²) in [6, 6.07) is 3.59. The second-order valence-corrected chi connectivity index (χ2v) is 5.36. The van der Waals surface area contributed by atoms with Crippen LogP contribution in [-0.4, -0.2) is 58.7 Å². The third kappa shape index (κ3) is 3.19. The molecule has 1 aliphatic heterocycles. The zero-order valence-electron chi connectivity index (χ0n) is 10.8. The summed E-state index contributed by atoms with van der Waals surface area (Å²) >= 11 is 0. The van der Waals surface area contributed by atoms with Gasteiger partial charge in [-0.2, -0.15) is 0 Å². The minimum atomic E-state index is -0.332. The number of carbonyl (C=O) groups excluding carboxylic acids is 1. The third-order valence-corrected chi connectivity index (χ3v) is 3.02. The van der Waals surface area contributed by atoms with E-state index in [1.165, 1.54) is 0 Å². The van der Waals surface area contributed by atoms with Crippen molar-refractivity contribution in [1.82, 2.24) is 9.88 Å². The number of hydrogen-bond acceptors (Lipinski definition) is 4. The van der Waals surface area contributed by atoms with Crippen molar-refractivity contribution in [2.24, 2.45) is 0 Å². The molecule has 0 aliphatic carbocycles. The summed E-state index contributed by atoms with van der Waals surface area (Å²) in [6.07, 6.45) is 1.53. The van der Waals surface area contributed by atoms with Crippen LogP contribution in [0.15, 0.2) is 18.3 Å². The fraction of sp³-hybridized carbons (Fsp3) is 0.615. The Kier molecular flexibility index (Phi) is 3.85. The molecule has 1 aromatic heterocycles. The van der Waals surface area contributed by atoms with Gasteiger partial charge in [0.1, 0.15) is 0 Å². The van der Waals surface area contributed by atoms with Crippen LogP contribution in [-0.2, 0) is 4.74 Å². The maximum atomic E-state index is 12.0. The molecule has 0 amide bonds. The van der Waals surface area contributed by atoms with Crippen molar-refractivity contribution >= 4 is 5.78 Å². The molecule has 1 atom stereocenters. The smallest absolute Gasteiger partial charge is 0.192 e. The zero-order chi connectivity index (χ0) is 13.2. The number of aliphatic hydroxyl groups is 1. The maximum Gasteiger partial charge on any atom is 0.192 e. The van der Waals surface area contributed by atoms with Gasteiger partial charge in [0.25, 0.3) is 0 Å². The average molecular weight is 252 g/mol. The lowest BCUT2D eigenvalue weighted by molar-refractivity contribution is -0.146. The van der Waals surface area contributed by atoms with E-state index in [-0.39, 0.29) is 24.1 Å². The first-order chi connectivity index (χ1) is 8.50. The van der Waals surface area contributed by atoms with Crippen molar-refractivity contribution in [3.63, 3.8) is 0 Å². The van der Waals surface area contributed by atoms with Crippen LogP contribution < -0.4 is 0 Å². The number of aromatic nitrogens is 1. The molecular formula is C13H20N2O3. The Hall–Kier alpha value is -1.17. The van der Waals surface area contributed by atoms with Gasteiger partial charge in [-0.15, -0.1) is 0 Å². The SMILES string of the molecule is CC1(C)CN(CC(=O)c2ccc[nH]2)CC(CO)O1. The Morgan fingerprint density at radius 1 is 1.67 bits per heavy atom. The number of aliphatic hydroxyl groups excluding tert-OH is 1. The van der Waals surface area contributed by atoms with E-state index in [1.54, 1.807) is 12.3 Å². The molecule has 18 heavy (non-hydrogen) atoms. The summed E-state index contributed by atoms with van der Waals surface area (Å²) in [5.41, 5.74) is 0.293. The van der Waals surface area contributed by atoms with Gasteiger partial charge in [0.2, 0.25) is 0 Å². The number of ether oxygens (including phenoxy) is 1. The number of rotatable bonds is 4. The monoisotopic (exact) mass is 252 g/mol. The Morgan fingerprint density at radius 3 is 3.06 bits per heavy atom. The number of Topliss-reactive ketones (excluding diaryl/α,β-unsaturated/α-hetero) is 1. The molecule has 2 N–H and O–H groups in total. The molecule has 0 aromatic carbocycles. The predicted molar refractivity (Wildman–Crippen MR) is 67.6 cm³/mol. The lowest BCUT2D eigenvalue weighted by atomic mass is 10.0. The highest BCUT2D eigenvalue weighted by Crippen LogP contribution is 2.20. The van der Waals surface area contributed by atoms with E-state index in [0.29, 0.717) is 25.3 Å². The number of aromatic amines is 1. The van der Waals surface area contributed by atoms with Gasteiger partial charge >= 0.3 is 0 Å². The first-order valence-electron chi connectivity index (χ1n) is 6.18. The van der Waals surface area contributed by atoms with E-state index in [1.807, 2.05) is 24.8 Å². The molecule has 0 radical (unpaired) electrons. The van der Waals surface area contributed by atoms with Gasteiger partial charge in [-0.25, -0.2) is 0 Å². The lowest BCUT2D eigenvalue weighted by Crippen LogP contribution is -2.54. The van der Waals surface area contributed by atoms with Crippen molar-refractivity contribution in [3.8, 4) is 0 Å². The minimum Gasteiger partial charge on any atom is -0.394 e. The fourth-order valence-electron chi connectivity index (χ4n) is 2.42. The van der Waals surface area contributed by atoms with E-state index in [9.17, 15) is 9.90 Å². The van der Waals surface area contributed by atoms with Crippen LogP contribution in [0.3, 0.4) is 0 Å². The van der Waals surface area contributed by atoms with Crippen molar-refractivity contribution in [2.45, 2.75) is 25.6 Å². The number of carbonyl (C=O) groups is 1. The van der Waals surface area contributed by atoms with Gasteiger partial charge in [0, 0.05) is 19.3 Å². The average Bonchev–Trinajstić information content (AvgIpc) is 2.80. The highest BCUT2D eigenvalue weighted by atomic mass is 16.5.